The standard InChI is InChI=1S/C24H26O5S/c1-16(2)14-15-28-19-10-6-17(7-11-19)21-22(24(3,4)29-23(21)25)18-8-12-20(13-9-18)30(5,26)27/h6-14H,15H2,1-5H3. The van der Waals surface area contributed by atoms with Gasteiger partial charge in [0.15, 0.2) is 9.84 Å². The Bertz CT molecular complexity index is 1120. The summed E-state index contributed by atoms with van der Waals surface area (Å²) in [7, 11) is -3.30. The summed E-state index contributed by atoms with van der Waals surface area (Å²) in [5.41, 5.74) is 3.02. The molecule has 6 heteroatoms. The number of carbonyl (C=O) groups excluding carboxylic acids is 1. The molecule has 0 aliphatic carbocycles. The Morgan fingerprint density at radius 2 is 1.57 bits per heavy atom. The summed E-state index contributed by atoms with van der Waals surface area (Å²) in [6.07, 6.45) is 3.16. The number of ether oxygens (including phenoxy) is 2. The van der Waals surface area contributed by atoms with Crippen molar-refractivity contribution in [3.05, 3.63) is 71.3 Å². The Labute approximate surface area is 177 Å². The lowest BCUT2D eigenvalue weighted by molar-refractivity contribution is -0.141. The number of allylic oxidation sites excluding steroid dienone is 1. The van der Waals surface area contributed by atoms with E-state index in [0.29, 0.717) is 17.9 Å². The van der Waals surface area contributed by atoms with E-state index in [1.165, 1.54) is 11.8 Å². The third-order valence-electron chi connectivity index (χ3n) is 4.86. The van der Waals surface area contributed by atoms with Crippen LogP contribution in [0.15, 0.2) is 65.1 Å². The summed E-state index contributed by atoms with van der Waals surface area (Å²) >= 11 is 0. The zero-order valence-corrected chi connectivity index (χ0v) is 18.7. The average molecular weight is 427 g/mol. The largest absolute Gasteiger partial charge is 0.490 e. The molecule has 0 amide bonds. The molecule has 0 unspecified atom stereocenters. The third kappa shape index (κ3) is 4.65. The van der Waals surface area contributed by atoms with Crippen LogP contribution in [0.1, 0.15) is 38.8 Å². The Hall–Kier alpha value is -2.86. The molecular weight excluding hydrogens is 400 g/mol. The van der Waals surface area contributed by atoms with Crippen LogP contribution in [0, 0.1) is 0 Å². The van der Waals surface area contributed by atoms with Crippen LogP contribution in [0.5, 0.6) is 5.75 Å². The maximum Gasteiger partial charge on any atom is 0.340 e. The second-order valence-electron chi connectivity index (χ2n) is 8.06. The Balaban J connectivity index is 2.01. The molecule has 158 valence electrons. The van der Waals surface area contributed by atoms with E-state index in [0.717, 1.165) is 16.7 Å². The maximum absolute atomic E-state index is 12.7. The van der Waals surface area contributed by atoms with Gasteiger partial charge < -0.3 is 9.47 Å². The Kier molecular flexibility index (Phi) is 5.90. The van der Waals surface area contributed by atoms with Crippen LogP contribution in [0.3, 0.4) is 0 Å². The second-order valence-corrected chi connectivity index (χ2v) is 10.1. The maximum atomic E-state index is 12.7. The molecule has 0 saturated heterocycles. The lowest BCUT2D eigenvalue weighted by atomic mass is 9.87. The van der Waals surface area contributed by atoms with Crippen molar-refractivity contribution in [2.24, 2.45) is 0 Å². The van der Waals surface area contributed by atoms with Gasteiger partial charge >= 0.3 is 5.97 Å². The summed E-state index contributed by atoms with van der Waals surface area (Å²) in [6, 6.07) is 13.8. The number of rotatable bonds is 6. The van der Waals surface area contributed by atoms with E-state index >= 15 is 0 Å². The van der Waals surface area contributed by atoms with Gasteiger partial charge in [0.25, 0.3) is 0 Å². The highest BCUT2D eigenvalue weighted by Gasteiger charge is 2.41. The van der Waals surface area contributed by atoms with Crippen LogP contribution in [0.2, 0.25) is 0 Å². The van der Waals surface area contributed by atoms with Crippen molar-refractivity contribution in [2.75, 3.05) is 12.9 Å². The molecule has 2 aromatic rings. The molecule has 1 aliphatic rings. The molecule has 0 aromatic heterocycles. The summed E-state index contributed by atoms with van der Waals surface area (Å²) in [5, 5.41) is 0. The van der Waals surface area contributed by atoms with Crippen LogP contribution in [0.4, 0.5) is 0 Å². The molecule has 0 radical (unpaired) electrons. The van der Waals surface area contributed by atoms with E-state index in [-0.39, 0.29) is 4.90 Å². The van der Waals surface area contributed by atoms with Crippen molar-refractivity contribution in [3.8, 4) is 5.75 Å². The van der Waals surface area contributed by atoms with E-state index in [1.54, 1.807) is 24.3 Å². The van der Waals surface area contributed by atoms with Crippen molar-refractivity contribution < 1.29 is 22.7 Å². The van der Waals surface area contributed by atoms with Gasteiger partial charge in [-0.3, -0.25) is 0 Å². The molecule has 1 heterocycles. The topological polar surface area (TPSA) is 69.7 Å². The lowest BCUT2D eigenvalue weighted by Crippen LogP contribution is -2.22. The smallest absolute Gasteiger partial charge is 0.340 e. The summed E-state index contributed by atoms with van der Waals surface area (Å²) in [4.78, 5) is 12.9. The first-order valence-electron chi connectivity index (χ1n) is 9.64. The summed E-state index contributed by atoms with van der Waals surface area (Å²) in [5.74, 6) is 0.307. The molecule has 5 nitrogen and oxygen atoms in total. The molecule has 3 rings (SSSR count). The minimum Gasteiger partial charge on any atom is -0.490 e. The van der Waals surface area contributed by atoms with Gasteiger partial charge in [0.2, 0.25) is 0 Å². The van der Waals surface area contributed by atoms with E-state index in [1.807, 2.05) is 58.0 Å². The summed E-state index contributed by atoms with van der Waals surface area (Å²) in [6.45, 7) is 8.16. The highest BCUT2D eigenvalue weighted by Crippen LogP contribution is 2.44. The average Bonchev–Trinajstić information content (AvgIpc) is 2.90. The SMILES string of the molecule is CC(C)=CCOc1ccc(C2=C(c3ccc(S(C)(=O)=O)cc3)C(C)(C)OC2=O)cc1. The predicted molar refractivity (Wildman–Crippen MR) is 118 cm³/mol. The molecule has 30 heavy (non-hydrogen) atoms. The van der Waals surface area contributed by atoms with E-state index in [9.17, 15) is 13.2 Å². The number of cyclic esters (lactones) is 1. The molecule has 1 aliphatic heterocycles. The predicted octanol–water partition coefficient (Wildman–Crippen LogP) is 4.68. The van der Waals surface area contributed by atoms with Crippen molar-refractivity contribution in [2.45, 2.75) is 38.2 Å². The molecular formula is C24H26O5S. The second kappa shape index (κ2) is 8.11. The van der Waals surface area contributed by atoms with Crippen LogP contribution >= 0.6 is 0 Å². The lowest BCUT2D eigenvalue weighted by Gasteiger charge is -2.21. The highest BCUT2D eigenvalue weighted by atomic mass is 32.2. The molecule has 0 spiro atoms. The number of carbonyl (C=O) groups is 1. The van der Waals surface area contributed by atoms with E-state index in [2.05, 4.69) is 0 Å². The quantitative estimate of drug-likeness (QED) is 0.495. The number of sulfone groups is 1. The molecule has 0 saturated carbocycles. The fraction of sp³-hybridized carbons (Fsp3) is 0.292. The van der Waals surface area contributed by atoms with Gasteiger partial charge in [0.05, 0.1) is 10.5 Å². The van der Waals surface area contributed by atoms with Crippen LogP contribution in [-0.4, -0.2) is 32.9 Å². The molecule has 0 fully saturated rings. The minimum absolute atomic E-state index is 0.231. The van der Waals surface area contributed by atoms with Crippen LogP contribution in [-0.2, 0) is 19.4 Å². The van der Waals surface area contributed by atoms with Gasteiger partial charge in [-0.2, -0.15) is 0 Å². The summed E-state index contributed by atoms with van der Waals surface area (Å²) < 4.78 is 34.9. The molecule has 0 atom stereocenters. The molecule has 0 bridgehead atoms. The van der Waals surface area contributed by atoms with Gasteiger partial charge in [0, 0.05) is 11.8 Å². The number of benzene rings is 2. The number of esters is 1. The van der Waals surface area contributed by atoms with E-state index < -0.39 is 21.4 Å². The van der Waals surface area contributed by atoms with Crippen molar-refractivity contribution in [1.82, 2.24) is 0 Å². The highest BCUT2D eigenvalue weighted by molar-refractivity contribution is 7.90. The van der Waals surface area contributed by atoms with Gasteiger partial charge in [-0.05, 0) is 69.2 Å². The fourth-order valence-electron chi connectivity index (χ4n) is 3.38. The van der Waals surface area contributed by atoms with Gasteiger partial charge in [0.1, 0.15) is 18.0 Å². The van der Waals surface area contributed by atoms with Crippen molar-refractivity contribution >= 4 is 27.0 Å². The number of hydrogen-bond donors (Lipinski definition) is 0. The first-order valence-corrected chi connectivity index (χ1v) is 11.5. The monoisotopic (exact) mass is 426 g/mol. The van der Waals surface area contributed by atoms with Crippen molar-refractivity contribution in [1.29, 1.82) is 0 Å². The zero-order chi connectivity index (χ0) is 22.1. The Morgan fingerprint density at radius 3 is 2.10 bits per heavy atom. The third-order valence-corrected chi connectivity index (χ3v) is 5.99. The van der Waals surface area contributed by atoms with E-state index in [4.69, 9.17) is 9.47 Å². The Morgan fingerprint density at radius 1 is 1.00 bits per heavy atom. The molecule has 2 aromatic carbocycles. The van der Waals surface area contributed by atoms with Gasteiger partial charge in [-0.1, -0.05) is 29.8 Å². The van der Waals surface area contributed by atoms with Crippen LogP contribution < -0.4 is 4.74 Å². The first kappa shape index (κ1) is 21.8. The zero-order valence-electron chi connectivity index (χ0n) is 17.9. The van der Waals surface area contributed by atoms with Crippen molar-refractivity contribution in [3.63, 3.8) is 0 Å². The fourth-order valence-corrected chi connectivity index (χ4v) is 4.01. The van der Waals surface area contributed by atoms with Gasteiger partial charge in [-0.25, -0.2) is 13.2 Å². The molecule has 0 N–H and O–H groups in total. The van der Waals surface area contributed by atoms with Crippen LogP contribution in [0.25, 0.3) is 11.1 Å². The normalized spacial score (nSPS) is 15.7. The minimum atomic E-state index is -3.30. The first-order chi connectivity index (χ1) is 14.0. The number of hydrogen-bond acceptors (Lipinski definition) is 5. The van der Waals surface area contributed by atoms with Gasteiger partial charge in [-0.15, -0.1) is 0 Å².